The molecule has 6 heteroatoms. The van der Waals surface area contributed by atoms with E-state index in [1.165, 1.54) is 26.4 Å². The smallest absolute Gasteiger partial charge is 0.332 e. The van der Waals surface area contributed by atoms with Crippen LogP contribution >= 0.6 is 0 Å². The first kappa shape index (κ1) is 17.3. The highest BCUT2D eigenvalue weighted by molar-refractivity contribution is 5.83. The summed E-state index contributed by atoms with van der Waals surface area (Å²) in [5.41, 5.74) is 3.01. The molecule has 118 valence electrons. The van der Waals surface area contributed by atoms with Crippen molar-refractivity contribution in [3.8, 4) is 0 Å². The summed E-state index contributed by atoms with van der Waals surface area (Å²) >= 11 is 0. The highest BCUT2D eigenvalue weighted by Crippen LogP contribution is 2.16. The number of methoxy groups -OCH3 is 2. The molecule has 0 saturated carbocycles. The molecular weight excluding hydrogens is 284 g/mol. The minimum Gasteiger partial charge on any atom is -0.466 e. The van der Waals surface area contributed by atoms with E-state index in [1.807, 2.05) is 24.3 Å². The Bertz CT molecular complexity index is 536. The van der Waals surface area contributed by atoms with Crippen molar-refractivity contribution in [2.45, 2.75) is 13.8 Å². The van der Waals surface area contributed by atoms with Crippen molar-refractivity contribution in [3.63, 3.8) is 0 Å². The van der Waals surface area contributed by atoms with Crippen molar-refractivity contribution in [3.05, 3.63) is 47.8 Å². The van der Waals surface area contributed by atoms with Crippen molar-refractivity contribution in [2.24, 2.45) is 0 Å². The van der Waals surface area contributed by atoms with E-state index in [1.54, 1.807) is 13.8 Å². The summed E-state index contributed by atoms with van der Waals surface area (Å²) in [7, 11) is 2.66. The first-order chi connectivity index (χ1) is 10.4. The first-order valence-corrected chi connectivity index (χ1v) is 6.61. The summed E-state index contributed by atoms with van der Waals surface area (Å²) in [6.07, 6.45) is 2.74. The molecule has 0 aliphatic rings. The van der Waals surface area contributed by atoms with E-state index >= 15 is 0 Å². The van der Waals surface area contributed by atoms with Crippen molar-refractivity contribution in [1.29, 1.82) is 0 Å². The Morgan fingerprint density at radius 3 is 1.41 bits per heavy atom. The minimum atomic E-state index is -0.410. The molecule has 0 unspecified atom stereocenters. The molecule has 0 aliphatic heterocycles. The lowest BCUT2D eigenvalue weighted by Gasteiger charge is -2.09. The van der Waals surface area contributed by atoms with Crippen LogP contribution in [0.25, 0.3) is 0 Å². The lowest BCUT2D eigenvalue weighted by Crippen LogP contribution is -2.03. The van der Waals surface area contributed by atoms with Gasteiger partial charge >= 0.3 is 11.9 Å². The maximum atomic E-state index is 11.1. The molecule has 0 atom stereocenters. The number of carbonyl (C=O) groups excluding carboxylic acids is 2. The van der Waals surface area contributed by atoms with Crippen molar-refractivity contribution in [1.82, 2.24) is 0 Å². The van der Waals surface area contributed by atoms with Crippen LogP contribution in [0, 0.1) is 0 Å². The van der Waals surface area contributed by atoms with E-state index in [-0.39, 0.29) is 0 Å². The molecule has 1 aromatic rings. The number of allylic oxidation sites excluding steroid dienone is 2. The summed E-state index contributed by atoms with van der Waals surface area (Å²) in [5, 5.41) is 6.15. The highest BCUT2D eigenvalue weighted by Gasteiger charge is 2.00. The van der Waals surface area contributed by atoms with Crippen molar-refractivity contribution < 1.29 is 19.1 Å². The van der Waals surface area contributed by atoms with Crippen molar-refractivity contribution in [2.75, 3.05) is 24.9 Å². The number of hydrogen-bond acceptors (Lipinski definition) is 6. The number of hydrogen-bond donors (Lipinski definition) is 2. The third-order valence-electron chi connectivity index (χ3n) is 2.64. The van der Waals surface area contributed by atoms with Crippen LogP contribution in [-0.4, -0.2) is 26.2 Å². The predicted octanol–water partition coefficient (Wildman–Crippen LogP) is 2.66. The molecular formula is C16H20N2O4. The SMILES string of the molecule is COC(=O)/C=C(/C)Nc1ccc(N/C(C)=C\C(=O)OC)cc1. The summed E-state index contributed by atoms with van der Waals surface area (Å²) in [5.74, 6) is -0.821. The van der Waals surface area contributed by atoms with Crippen LogP contribution in [0.1, 0.15) is 13.8 Å². The van der Waals surface area contributed by atoms with Crippen molar-refractivity contribution >= 4 is 23.3 Å². The number of nitrogens with one attached hydrogen (secondary N) is 2. The predicted molar refractivity (Wildman–Crippen MR) is 85.2 cm³/mol. The molecule has 0 aromatic heterocycles. The molecule has 0 bridgehead atoms. The van der Waals surface area contributed by atoms with E-state index in [0.29, 0.717) is 11.4 Å². The van der Waals surface area contributed by atoms with Crippen LogP contribution in [0.5, 0.6) is 0 Å². The van der Waals surface area contributed by atoms with E-state index in [0.717, 1.165) is 11.4 Å². The monoisotopic (exact) mass is 304 g/mol. The summed E-state index contributed by atoms with van der Waals surface area (Å²) in [4.78, 5) is 22.2. The van der Waals surface area contributed by atoms with Gasteiger partial charge in [-0.1, -0.05) is 0 Å². The van der Waals surface area contributed by atoms with Gasteiger partial charge in [-0.15, -0.1) is 0 Å². The Morgan fingerprint density at radius 2 is 1.14 bits per heavy atom. The average molecular weight is 304 g/mol. The molecule has 0 spiro atoms. The van der Waals surface area contributed by atoms with Gasteiger partial charge in [0.25, 0.3) is 0 Å². The van der Waals surface area contributed by atoms with Gasteiger partial charge in [0, 0.05) is 34.9 Å². The normalized spacial score (nSPS) is 11.6. The highest BCUT2D eigenvalue weighted by atomic mass is 16.5. The van der Waals surface area contributed by atoms with Crippen LogP contribution in [0.4, 0.5) is 11.4 Å². The fraction of sp³-hybridized carbons (Fsp3) is 0.250. The average Bonchev–Trinajstić information content (AvgIpc) is 2.48. The van der Waals surface area contributed by atoms with Crippen LogP contribution in [0.2, 0.25) is 0 Å². The number of carbonyl (C=O) groups is 2. The van der Waals surface area contributed by atoms with E-state index in [2.05, 4.69) is 20.1 Å². The standard InChI is InChI=1S/C16H20N2O4/c1-11(9-15(19)21-3)17-13-5-7-14(8-6-13)18-12(2)10-16(20)22-4/h5-10,17-18H,1-4H3/b11-9-,12-10-. The Kier molecular flexibility index (Phi) is 6.69. The fourth-order valence-corrected chi connectivity index (χ4v) is 1.64. The molecule has 1 aromatic carbocycles. The largest absolute Gasteiger partial charge is 0.466 e. The van der Waals surface area contributed by atoms with Gasteiger partial charge in [0.05, 0.1) is 14.2 Å². The van der Waals surface area contributed by atoms with Gasteiger partial charge in [0.1, 0.15) is 0 Å². The number of ether oxygens (including phenoxy) is 2. The van der Waals surface area contributed by atoms with Gasteiger partial charge in [0.2, 0.25) is 0 Å². The molecule has 0 saturated heterocycles. The number of rotatable bonds is 6. The van der Waals surface area contributed by atoms with Gasteiger partial charge < -0.3 is 20.1 Å². The molecule has 2 N–H and O–H groups in total. The Hall–Kier alpha value is -2.76. The zero-order valence-electron chi connectivity index (χ0n) is 13.1. The van der Waals surface area contributed by atoms with Gasteiger partial charge in [-0.05, 0) is 38.1 Å². The lowest BCUT2D eigenvalue weighted by atomic mass is 10.2. The topological polar surface area (TPSA) is 76.7 Å². The third-order valence-corrected chi connectivity index (χ3v) is 2.64. The molecule has 0 heterocycles. The first-order valence-electron chi connectivity index (χ1n) is 6.61. The molecule has 22 heavy (non-hydrogen) atoms. The quantitative estimate of drug-likeness (QED) is 0.621. The Morgan fingerprint density at radius 1 is 0.818 bits per heavy atom. The molecule has 0 aliphatic carbocycles. The van der Waals surface area contributed by atoms with Gasteiger partial charge in [-0.3, -0.25) is 0 Å². The van der Waals surface area contributed by atoms with Crippen LogP contribution in [0.3, 0.4) is 0 Å². The summed E-state index contributed by atoms with van der Waals surface area (Å²) in [6.45, 7) is 3.54. The maximum absolute atomic E-state index is 11.1. The summed E-state index contributed by atoms with van der Waals surface area (Å²) in [6, 6.07) is 7.40. The van der Waals surface area contributed by atoms with Crippen LogP contribution < -0.4 is 10.6 Å². The molecule has 1 rings (SSSR count). The van der Waals surface area contributed by atoms with E-state index < -0.39 is 11.9 Å². The number of benzene rings is 1. The Balaban J connectivity index is 2.67. The van der Waals surface area contributed by atoms with Gasteiger partial charge in [-0.25, -0.2) is 9.59 Å². The second-order valence-electron chi connectivity index (χ2n) is 4.53. The molecule has 0 fully saturated rings. The van der Waals surface area contributed by atoms with E-state index in [4.69, 9.17) is 0 Å². The second-order valence-corrected chi connectivity index (χ2v) is 4.53. The lowest BCUT2D eigenvalue weighted by molar-refractivity contribution is -0.135. The zero-order valence-corrected chi connectivity index (χ0v) is 13.1. The molecule has 0 amide bonds. The van der Waals surface area contributed by atoms with Gasteiger partial charge in [-0.2, -0.15) is 0 Å². The fourth-order valence-electron chi connectivity index (χ4n) is 1.64. The van der Waals surface area contributed by atoms with Crippen LogP contribution in [0.15, 0.2) is 47.8 Å². The molecule has 0 radical (unpaired) electrons. The minimum absolute atomic E-state index is 0.410. The zero-order chi connectivity index (χ0) is 16.5. The number of esters is 2. The summed E-state index contributed by atoms with van der Waals surface area (Å²) < 4.78 is 9.11. The maximum Gasteiger partial charge on any atom is 0.332 e. The van der Waals surface area contributed by atoms with Crippen LogP contribution in [-0.2, 0) is 19.1 Å². The Labute approximate surface area is 129 Å². The van der Waals surface area contributed by atoms with E-state index in [9.17, 15) is 9.59 Å². The third kappa shape index (κ3) is 6.13. The second kappa shape index (κ2) is 8.51. The number of anilines is 2. The molecule has 6 nitrogen and oxygen atoms in total. The van der Waals surface area contributed by atoms with Gasteiger partial charge in [0.15, 0.2) is 0 Å².